The van der Waals surface area contributed by atoms with Crippen LogP contribution < -0.4 is 5.32 Å². The van der Waals surface area contributed by atoms with Gasteiger partial charge in [-0.05, 0) is 68.7 Å². The summed E-state index contributed by atoms with van der Waals surface area (Å²) in [5.41, 5.74) is 4.87. The van der Waals surface area contributed by atoms with Crippen molar-refractivity contribution < 1.29 is 13.2 Å². The number of carbonyl (C=O) groups excluding carboxylic acids is 1. The molecule has 0 aliphatic rings. The molecule has 0 fully saturated rings. The highest BCUT2D eigenvalue weighted by Crippen LogP contribution is 2.33. The van der Waals surface area contributed by atoms with Crippen molar-refractivity contribution in [3.63, 3.8) is 0 Å². The second kappa shape index (κ2) is 12.0. The summed E-state index contributed by atoms with van der Waals surface area (Å²) >= 11 is 1.54. The Morgan fingerprint density at radius 3 is 2.05 bits per heavy atom. The van der Waals surface area contributed by atoms with Gasteiger partial charge in [-0.1, -0.05) is 89.6 Å². The summed E-state index contributed by atoms with van der Waals surface area (Å²) in [7, 11) is -3.97. The minimum Gasteiger partial charge on any atom is -0.324 e. The molecule has 1 N–H and O–H groups in total. The zero-order valence-corrected chi connectivity index (χ0v) is 23.7. The Morgan fingerprint density at radius 1 is 0.789 bits per heavy atom. The quantitative estimate of drug-likeness (QED) is 0.249. The zero-order valence-electron chi connectivity index (χ0n) is 22.1. The maximum Gasteiger partial charge on any atom is 0.244 e. The van der Waals surface area contributed by atoms with Gasteiger partial charge in [0, 0.05) is 16.3 Å². The van der Waals surface area contributed by atoms with Crippen molar-refractivity contribution in [1.29, 1.82) is 0 Å². The molecule has 7 heteroatoms. The first-order valence-corrected chi connectivity index (χ1v) is 14.6. The molecule has 0 bridgehead atoms. The van der Waals surface area contributed by atoms with Crippen LogP contribution in [0.2, 0.25) is 0 Å². The van der Waals surface area contributed by atoms with E-state index < -0.39 is 15.9 Å². The minimum atomic E-state index is -3.97. The molecule has 0 spiro atoms. The molecule has 0 atom stereocenters. The van der Waals surface area contributed by atoms with Gasteiger partial charge in [-0.3, -0.25) is 4.79 Å². The van der Waals surface area contributed by atoms with E-state index in [-0.39, 0.29) is 18.0 Å². The van der Waals surface area contributed by atoms with Gasteiger partial charge in [0.05, 0.1) is 17.1 Å². The van der Waals surface area contributed by atoms with Crippen LogP contribution in [0.4, 0.5) is 5.69 Å². The number of aryl methyl sites for hydroxylation is 4. The fraction of sp³-hybridized carbons (Fsp3) is 0.194. The molecular weight excluding hydrogens is 512 g/mol. The number of benzene rings is 4. The number of sulfonamides is 1. The van der Waals surface area contributed by atoms with E-state index in [9.17, 15) is 13.2 Å². The van der Waals surface area contributed by atoms with Gasteiger partial charge in [0.1, 0.15) is 0 Å². The van der Waals surface area contributed by atoms with Crippen LogP contribution in [0.5, 0.6) is 0 Å². The maximum atomic E-state index is 14.0. The normalized spacial score (nSPS) is 11.5. The van der Waals surface area contributed by atoms with Crippen molar-refractivity contribution in [3.05, 3.63) is 119 Å². The van der Waals surface area contributed by atoms with Crippen LogP contribution in [0.25, 0.3) is 0 Å². The lowest BCUT2D eigenvalue weighted by molar-refractivity contribution is -0.116. The second-order valence-corrected chi connectivity index (χ2v) is 12.4. The van der Waals surface area contributed by atoms with E-state index in [2.05, 4.69) is 5.32 Å². The van der Waals surface area contributed by atoms with Crippen molar-refractivity contribution >= 4 is 33.4 Å². The molecule has 0 heterocycles. The Kier molecular flexibility index (Phi) is 8.72. The van der Waals surface area contributed by atoms with Crippen LogP contribution in [-0.4, -0.2) is 25.2 Å². The zero-order chi connectivity index (χ0) is 27.3. The first-order valence-electron chi connectivity index (χ1n) is 12.4. The molecule has 0 aromatic heterocycles. The Labute approximate surface area is 230 Å². The van der Waals surface area contributed by atoms with Crippen LogP contribution in [0.3, 0.4) is 0 Å². The van der Waals surface area contributed by atoms with Crippen LogP contribution in [0, 0.1) is 27.7 Å². The largest absolute Gasteiger partial charge is 0.324 e. The predicted octanol–water partition coefficient (Wildman–Crippen LogP) is 6.90. The summed E-state index contributed by atoms with van der Waals surface area (Å²) in [5, 5.41) is 2.95. The van der Waals surface area contributed by atoms with E-state index in [1.54, 1.807) is 25.6 Å². The predicted molar refractivity (Wildman–Crippen MR) is 155 cm³/mol. The van der Waals surface area contributed by atoms with Crippen LogP contribution >= 0.6 is 11.8 Å². The van der Waals surface area contributed by atoms with Crippen molar-refractivity contribution in [2.75, 3.05) is 11.9 Å². The number of nitrogens with one attached hydrogen (secondary N) is 1. The summed E-state index contributed by atoms with van der Waals surface area (Å²) in [4.78, 5) is 15.5. The maximum absolute atomic E-state index is 14.0. The number of hydrogen-bond acceptors (Lipinski definition) is 4. The van der Waals surface area contributed by atoms with Gasteiger partial charge < -0.3 is 5.32 Å². The van der Waals surface area contributed by atoms with Gasteiger partial charge >= 0.3 is 0 Å². The monoisotopic (exact) mass is 544 g/mol. The fourth-order valence-electron chi connectivity index (χ4n) is 4.45. The van der Waals surface area contributed by atoms with E-state index in [0.29, 0.717) is 16.8 Å². The van der Waals surface area contributed by atoms with Crippen molar-refractivity contribution in [3.8, 4) is 0 Å². The molecule has 0 radical (unpaired) electrons. The molecule has 38 heavy (non-hydrogen) atoms. The Morgan fingerprint density at radius 2 is 1.39 bits per heavy atom. The lowest BCUT2D eigenvalue weighted by Gasteiger charge is -2.24. The summed E-state index contributed by atoms with van der Waals surface area (Å²) < 4.78 is 29.3. The highest BCUT2D eigenvalue weighted by Gasteiger charge is 2.30. The summed E-state index contributed by atoms with van der Waals surface area (Å²) in [6.07, 6.45) is 0. The molecule has 0 saturated carbocycles. The van der Waals surface area contributed by atoms with E-state index in [1.165, 1.54) is 4.31 Å². The number of hydrogen-bond donors (Lipinski definition) is 1. The van der Waals surface area contributed by atoms with Gasteiger partial charge in [-0.2, -0.15) is 4.31 Å². The van der Waals surface area contributed by atoms with Crippen LogP contribution in [0.1, 0.15) is 27.8 Å². The smallest absolute Gasteiger partial charge is 0.244 e. The van der Waals surface area contributed by atoms with Gasteiger partial charge in [-0.15, -0.1) is 0 Å². The van der Waals surface area contributed by atoms with Gasteiger partial charge in [-0.25, -0.2) is 8.42 Å². The number of rotatable bonds is 9. The van der Waals surface area contributed by atoms with Crippen LogP contribution in [-0.2, 0) is 21.4 Å². The molecule has 4 aromatic carbocycles. The lowest BCUT2D eigenvalue weighted by atomic mass is 10.1. The molecule has 196 valence electrons. The third-order valence-corrected chi connectivity index (χ3v) is 9.32. The molecule has 5 nitrogen and oxygen atoms in total. The third-order valence-electron chi connectivity index (χ3n) is 6.13. The molecular formula is C31H32N2O3S2. The number of amides is 1. The highest BCUT2D eigenvalue weighted by atomic mass is 32.2. The van der Waals surface area contributed by atoms with Crippen molar-refractivity contribution in [1.82, 2.24) is 4.31 Å². The molecule has 0 saturated heterocycles. The highest BCUT2D eigenvalue weighted by molar-refractivity contribution is 7.99. The first kappa shape index (κ1) is 27.6. The van der Waals surface area contributed by atoms with Gasteiger partial charge in [0.25, 0.3) is 0 Å². The van der Waals surface area contributed by atoms with E-state index in [0.717, 1.165) is 26.5 Å². The standard InChI is InChI=1S/C31H32N2O3S2/c1-22-14-16-26(17-15-22)20-33(38(35,36)31-24(3)18-23(2)19-25(31)4)21-30(34)32-28-12-8-9-13-29(28)37-27-10-6-5-7-11-27/h5-19H,20-21H2,1-4H3,(H,32,34). The second-order valence-electron chi connectivity index (χ2n) is 9.45. The average molecular weight is 545 g/mol. The number of carbonyl (C=O) groups is 1. The Balaban J connectivity index is 1.63. The first-order chi connectivity index (χ1) is 18.1. The summed E-state index contributed by atoms with van der Waals surface area (Å²) in [5.74, 6) is -0.399. The van der Waals surface area contributed by atoms with Crippen molar-refractivity contribution in [2.45, 2.75) is 48.9 Å². The van der Waals surface area contributed by atoms with E-state index in [1.807, 2.05) is 105 Å². The number of anilines is 1. The number of para-hydroxylation sites is 1. The molecule has 0 unspecified atom stereocenters. The molecule has 0 aliphatic heterocycles. The van der Waals surface area contributed by atoms with Crippen molar-refractivity contribution in [2.24, 2.45) is 0 Å². The van der Waals surface area contributed by atoms with Crippen LogP contribution in [0.15, 0.2) is 106 Å². The minimum absolute atomic E-state index is 0.0865. The van der Waals surface area contributed by atoms with Gasteiger partial charge in [0.15, 0.2) is 0 Å². The SMILES string of the molecule is Cc1ccc(CN(CC(=O)Nc2ccccc2Sc2ccccc2)S(=O)(=O)c2c(C)cc(C)cc2C)cc1. The Bertz CT molecular complexity index is 1510. The molecule has 4 rings (SSSR count). The lowest BCUT2D eigenvalue weighted by Crippen LogP contribution is -2.38. The average Bonchev–Trinajstić information content (AvgIpc) is 2.86. The number of nitrogens with zero attached hydrogens (tertiary/aromatic N) is 1. The topological polar surface area (TPSA) is 66.5 Å². The van der Waals surface area contributed by atoms with E-state index in [4.69, 9.17) is 0 Å². The Hall–Kier alpha value is -3.39. The summed E-state index contributed by atoms with van der Waals surface area (Å²) in [6.45, 7) is 7.30. The summed E-state index contributed by atoms with van der Waals surface area (Å²) in [6, 6.07) is 28.8. The van der Waals surface area contributed by atoms with E-state index >= 15 is 0 Å². The molecule has 0 aliphatic carbocycles. The fourth-order valence-corrected chi connectivity index (χ4v) is 7.17. The third kappa shape index (κ3) is 6.72. The molecule has 4 aromatic rings. The van der Waals surface area contributed by atoms with Gasteiger partial charge in [0.2, 0.25) is 15.9 Å². The molecule has 1 amide bonds.